The van der Waals surface area contributed by atoms with E-state index in [1.807, 2.05) is 0 Å². The van der Waals surface area contributed by atoms with Gasteiger partial charge in [-0.25, -0.2) is 8.42 Å². The molecule has 0 radical (unpaired) electrons. The molecule has 2 fully saturated rings. The lowest BCUT2D eigenvalue weighted by molar-refractivity contribution is -0.123. The van der Waals surface area contributed by atoms with Crippen molar-refractivity contribution in [3.05, 3.63) is 30.3 Å². The van der Waals surface area contributed by atoms with E-state index < -0.39 is 15.6 Å². The van der Waals surface area contributed by atoms with Gasteiger partial charge >= 0.3 is 0 Å². The van der Waals surface area contributed by atoms with Crippen LogP contribution >= 0.6 is 12.4 Å². The van der Waals surface area contributed by atoms with E-state index >= 15 is 0 Å². The number of piperidine rings is 1. The Kier molecular flexibility index (Phi) is 5.91. The van der Waals surface area contributed by atoms with Crippen LogP contribution in [0.25, 0.3) is 0 Å². The maximum atomic E-state index is 12.5. The second-order valence-electron chi connectivity index (χ2n) is 6.53. The van der Waals surface area contributed by atoms with E-state index in [4.69, 9.17) is 5.73 Å². The van der Waals surface area contributed by atoms with Crippen molar-refractivity contribution in [2.24, 2.45) is 11.7 Å². The number of carbonyl (C=O) groups excluding carboxylic acids is 1. The van der Waals surface area contributed by atoms with Gasteiger partial charge in [-0.2, -0.15) is 4.31 Å². The molecule has 0 aromatic heterocycles. The maximum Gasteiger partial charge on any atom is 0.243 e. The number of nitrogens with zero attached hydrogens (tertiary/aromatic N) is 1. The number of hydrogen-bond acceptors (Lipinski definition) is 4. The highest BCUT2D eigenvalue weighted by Gasteiger charge is 2.45. The summed E-state index contributed by atoms with van der Waals surface area (Å²) < 4.78 is 26.6. The largest absolute Gasteiger partial charge is 0.354 e. The Bertz CT molecular complexity index is 669. The second kappa shape index (κ2) is 7.39. The highest BCUT2D eigenvalue weighted by atomic mass is 35.5. The van der Waals surface area contributed by atoms with Crippen LogP contribution in [0.3, 0.4) is 0 Å². The van der Waals surface area contributed by atoms with Crippen LogP contribution in [0.4, 0.5) is 0 Å². The van der Waals surface area contributed by atoms with E-state index in [0.29, 0.717) is 30.4 Å². The van der Waals surface area contributed by atoms with Crippen LogP contribution in [0, 0.1) is 5.92 Å². The number of amides is 1. The molecule has 0 atom stereocenters. The van der Waals surface area contributed by atoms with Crippen molar-refractivity contribution < 1.29 is 13.2 Å². The lowest BCUT2D eigenvalue weighted by Crippen LogP contribution is -2.46. The van der Waals surface area contributed by atoms with Gasteiger partial charge in [-0.3, -0.25) is 4.79 Å². The average molecular weight is 374 g/mol. The molecule has 2 aliphatic rings. The van der Waals surface area contributed by atoms with Gasteiger partial charge in [0.25, 0.3) is 0 Å². The summed E-state index contributed by atoms with van der Waals surface area (Å²) in [6, 6.07) is 8.51. The molecule has 3 rings (SSSR count). The van der Waals surface area contributed by atoms with Gasteiger partial charge in [-0.15, -0.1) is 12.4 Å². The molecular weight excluding hydrogens is 350 g/mol. The molecule has 1 aromatic rings. The summed E-state index contributed by atoms with van der Waals surface area (Å²) in [4.78, 5) is 12.2. The van der Waals surface area contributed by atoms with Crippen LogP contribution < -0.4 is 11.1 Å². The Morgan fingerprint density at radius 3 is 2.33 bits per heavy atom. The molecule has 3 N–H and O–H groups in total. The average Bonchev–Trinajstić information content (AvgIpc) is 3.33. The fourth-order valence-electron chi connectivity index (χ4n) is 2.87. The molecule has 0 unspecified atom stereocenters. The third-order valence-corrected chi connectivity index (χ3v) is 6.66. The highest BCUT2D eigenvalue weighted by molar-refractivity contribution is 7.89. The maximum absolute atomic E-state index is 12.5. The minimum Gasteiger partial charge on any atom is -0.354 e. The van der Waals surface area contributed by atoms with Gasteiger partial charge in [-0.05, 0) is 43.7 Å². The van der Waals surface area contributed by atoms with Crippen LogP contribution in [-0.2, 0) is 14.8 Å². The van der Waals surface area contributed by atoms with E-state index in [1.54, 1.807) is 30.3 Å². The van der Waals surface area contributed by atoms with Crippen molar-refractivity contribution in [2.45, 2.75) is 36.1 Å². The van der Waals surface area contributed by atoms with Gasteiger partial charge in [0.2, 0.25) is 15.9 Å². The highest BCUT2D eigenvalue weighted by Crippen LogP contribution is 2.32. The van der Waals surface area contributed by atoms with Gasteiger partial charge in [0, 0.05) is 19.6 Å². The standard InChI is InChI=1S/C16H23N3O3S.ClH/c17-16(8-9-16)15(20)18-12-13-6-10-19(11-7-13)23(21,22)14-4-2-1-3-5-14;/h1-5,13H,6-12,17H2,(H,18,20);1H. The second-order valence-corrected chi connectivity index (χ2v) is 8.46. The number of benzene rings is 1. The molecule has 1 amide bonds. The van der Waals surface area contributed by atoms with Crippen LogP contribution in [0.1, 0.15) is 25.7 Å². The van der Waals surface area contributed by atoms with Crippen molar-refractivity contribution in [3.63, 3.8) is 0 Å². The smallest absolute Gasteiger partial charge is 0.243 e. The van der Waals surface area contributed by atoms with Gasteiger partial charge in [0.05, 0.1) is 10.4 Å². The van der Waals surface area contributed by atoms with Crippen LogP contribution in [-0.4, -0.2) is 43.8 Å². The first-order valence-electron chi connectivity index (χ1n) is 8.04. The monoisotopic (exact) mass is 373 g/mol. The Morgan fingerprint density at radius 1 is 1.21 bits per heavy atom. The quantitative estimate of drug-likeness (QED) is 0.808. The third kappa shape index (κ3) is 4.08. The van der Waals surface area contributed by atoms with Crippen molar-refractivity contribution in [1.82, 2.24) is 9.62 Å². The van der Waals surface area contributed by atoms with Crippen molar-refractivity contribution >= 4 is 28.3 Å². The molecule has 8 heteroatoms. The summed E-state index contributed by atoms with van der Waals surface area (Å²) >= 11 is 0. The van der Waals surface area contributed by atoms with E-state index in [9.17, 15) is 13.2 Å². The molecule has 1 aliphatic heterocycles. The Hall–Kier alpha value is -1.15. The van der Waals surface area contributed by atoms with Crippen LogP contribution in [0.15, 0.2) is 35.2 Å². The van der Waals surface area contributed by atoms with E-state index in [-0.39, 0.29) is 18.3 Å². The number of sulfonamides is 1. The Labute approximate surface area is 149 Å². The first-order valence-corrected chi connectivity index (χ1v) is 9.48. The van der Waals surface area contributed by atoms with Crippen molar-refractivity contribution in [3.8, 4) is 0 Å². The third-order valence-electron chi connectivity index (χ3n) is 4.75. The lowest BCUT2D eigenvalue weighted by Gasteiger charge is -2.31. The summed E-state index contributed by atoms with van der Waals surface area (Å²) in [5.74, 6) is 0.236. The van der Waals surface area contributed by atoms with E-state index in [1.165, 1.54) is 4.31 Å². The molecule has 1 aliphatic carbocycles. The molecule has 1 aromatic carbocycles. The fraction of sp³-hybridized carbons (Fsp3) is 0.562. The number of carbonyl (C=O) groups is 1. The lowest BCUT2D eigenvalue weighted by atomic mass is 9.98. The summed E-state index contributed by atoms with van der Waals surface area (Å²) in [5.41, 5.74) is 5.21. The van der Waals surface area contributed by atoms with Gasteiger partial charge in [0.15, 0.2) is 0 Å². The summed E-state index contributed by atoms with van der Waals surface area (Å²) in [7, 11) is -3.40. The molecule has 134 valence electrons. The minimum atomic E-state index is -3.40. The molecule has 1 saturated heterocycles. The fourth-order valence-corrected chi connectivity index (χ4v) is 4.36. The van der Waals surface area contributed by atoms with E-state index in [2.05, 4.69) is 5.32 Å². The van der Waals surface area contributed by atoms with E-state index in [0.717, 1.165) is 25.7 Å². The Balaban J connectivity index is 0.00000208. The number of halogens is 1. The summed E-state index contributed by atoms with van der Waals surface area (Å²) in [6.45, 7) is 1.56. The predicted octanol–water partition coefficient (Wildman–Crippen LogP) is 1.12. The zero-order valence-corrected chi connectivity index (χ0v) is 15.1. The number of nitrogens with two attached hydrogens (primary N) is 1. The van der Waals surface area contributed by atoms with Gasteiger partial charge < -0.3 is 11.1 Å². The zero-order valence-electron chi connectivity index (χ0n) is 13.5. The molecule has 0 bridgehead atoms. The topological polar surface area (TPSA) is 92.5 Å². The van der Waals surface area contributed by atoms with Gasteiger partial charge in [-0.1, -0.05) is 18.2 Å². The number of hydrogen-bond donors (Lipinski definition) is 2. The number of rotatable bonds is 5. The first-order chi connectivity index (χ1) is 10.9. The molecule has 1 heterocycles. The molecule has 24 heavy (non-hydrogen) atoms. The molecule has 6 nitrogen and oxygen atoms in total. The van der Waals surface area contributed by atoms with Crippen molar-refractivity contribution in [1.29, 1.82) is 0 Å². The SMILES string of the molecule is Cl.NC1(C(=O)NCC2CCN(S(=O)(=O)c3ccccc3)CC2)CC1. The van der Waals surface area contributed by atoms with Crippen LogP contribution in [0.5, 0.6) is 0 Å². The predicted molar refractivity (Wildman–Crippen MR) is 94.3 cm³/mol. The summed E-state index contributed by atoms with van der Waals surface area (Å²) in [6.07, 6.45) is 3.02. The minimum absolute atomic E-state index is 0. The summed E-state index contributed by atoms with van der Waals surface area (Å²) in [5, 5.41) is 2.91. The first kappa shape index (κ1) is 19.2. The number of nitrogens with one attached hydrogen (secondary N) is 1. The van der Waals surface area contributed by atoms with Gasteiger partial charge in [0.1, 0.15) is 0 Å². The zero-order chi connectivity index (χ0) is 16.5. The van der Waals surface area contributed by atoms with Crippen molar-refractivity contribution in [2.75, 3.05) is 19.6 Å². The Morgan fingerprint density at radius 2 is 1.79 bits per heavy atom. The normalized spacial score (nSPS) is 20.9. The molecular formula is C16H24ClN3O3S. The van der Waals surface area contributed by atoms with Crippen LogP contribution in [0.2, 0.25) is 0 Å². The molecule has 0 spiro atoms. The molecule has 1 saturated carbocycles.